The quantitative estimate of drug-likeness (QED) is 0.403. The Balaban J connectivity index is 1.54. The van der Waals surface area contributed by atoms with E-state index in [-0.39, 0.29) is 11.7 Å². The Kier molecular flexibility index (Phi) is 5.40. The number of hydrazone groups is 1. The van der Waals surface area contributed by atoms with E-state index in [1.807, 2.05) is 18.2 Å². The zero-order valence-electron chi connectivity index (χ0n) is 13.8. The van der Waals surface area contributed by atoms with Crippen molar-refractivity contribution in [3.63, 3.8) is 0 Å². The van der Waals surface area contributed by atoms with Gasteiger partial charge in [0.05, 0.1) is 23.0 Å². The molecular weight excluding hydrogens is 356 g/mol. The van der Waals surface area contributed by atoms with E-state index >= 15 is 0 Å². The summed E-state index contributed by atoms with van der Waals surface area (Å²) in [5.74, 6) is 0.0403. The van der Waals surface area contributed by atoms with Gasteiger partial charge in [0.25, 0.3) is 5.91 Å². The van der Waals surface area contributed by atoms with Crippen LogP contribution in [0.3, 0.4) is 0 Å². The molecule has 0 saturated carbocycles. The van der Waals surface area contributed by atoms with E-state index in [9.17, 15) is 4.79 Å². The molecule has 2 aromatic carbocycles. The average Bonchev–Trinajstić information content (AvgIpc) is 2.97. The second kappa shape index (κ2) is 7.72. The van der Waals surface area contributed by atoms with Crippen molar-refractivity contribution in [3.05, 3.63) is 58.1 Å². The van der Waals surface area contributed by atoms with Gasteiger partial charge in [-0.2, -0.15) is 5.10 Å². The molecule has 0 aliphatic rings. The number of benzene rings is 2. The highest BCUT2D eigenvalue weighted by Gasteiger charge is 2.07. The Morgan fingerprint density at radius 2 is 2.00 bits per heavy atom. The van der Waals surface area contributed by atoms with Crippen LogP contribution in [0.15, 0.2) is 46.7 Å². The number of imidazole rings is 1. The molecule has 1 amide bonds. The van der Waals surface area contributed by atoms with Crippen molar-refractivity contribution in [2.75, 3.05) is 5.75 Å². The molecule has 25 heavy (non-hydrogen) atoms. The molecule has 1 heterocycles. The summed E-state index contributed by atoms with van der Waals surface area (Å²) in [6.45, 7) is 4.12. The fourth-order valence-electron chi connectivity index (χ4n) is 2.21. The Hall–Kier alpha value is -2.31. The van der Waals surface area contributed by atoms with E-state index < -0.39 is 0 Å². The molecule has 0 unspecified atom stereocenters. The number of carbonyl (C=O) groups excluding carboxylic acids is 1. The third kappa shape index (κ3) is 4.61. The Labute approximate surface area is 154 Å². The van der Waals surface area contributed by atoms with E-state index in [0.29, 0.717) is 5.02 Å². The molecule has 0 fully saturated rings. The minimum atomic E-state index is -0.192. The lowest BCUT2D eigenvalue weighted by atomic mass is 10.1. The molecule has 3 rings (SSSR count). The van der Waals surface area contributed by atoms with Crippen molar-refractivity contribution in [1.29, 1.82) is 0 Å². The normalized spacial score (nSPS) is 11.3. The molecule has 0 saturated heterocycles. The highest BCUT2D eigenvalue weighted by molar-refractivity contribution is 7.99. The Morgan fingerprint density at radius 3 is 2.76 bits per heavy atom. The summed E-state index contributed by atoms with van der Waals surface area (Å²) in [5, 5.41) is 5.32. The van der Waals surface area contributed by atoms with Gasteiger partial charge in [-0.3, -0.25) is 4.79 Å². The number of amides is 1. The third-order valence-electron chi connectivity index (χ3n) is 3.69. The first-order valence-corrected chi connectivity index (χ1v) is 9.05. The zero-order valence-corrected chi connectivity index (χ0v) is 15.4. The van der Waals surface area contributed by atoms with Gasteiger partial charge >= 0.3 is 0 Å². The molecule has 0 bridgehead atoms. The minimum absolute atomic E-state index is 0.192. The van der Waals surface area contributed by atoms with Crippen molar-refractivity contribution < 1.29 is 4.79 Å². The van der Waals surface area contributed by atoms with Crippen LogP contribution in [0.4, 0.5) is 0 Å². The lowest BCUT2D eigenvalue weighted by Gasteiger charge is -1.98. The van der Waals surface area contributed by atoms with Gasteiger partial charge in [0, 0.05) is 5.02 Å². The maximum atomic E-state index is 11.9. The zero-order chi connectivity index (χ0) is 17.8. The first-order valence-electron chi connectivity index (χ1n) is 7.68. The standard InChI is InChI=1S/C18H17ClN4OS/c1-11-7-15-16(8-12(11)2)22-18(21-15)25-10-17(24)23-20-9-13-3-5-14(19)6-4-13/h3-9H,10H2,1-2H3,(H,21,22)(H,23,24). The molecular formula is C18H17ClN4OS. The number of fused-ring (bicyclic) bond motifs is 1. The van der Waals surface area contributed by atoms with Gasteiger partial charge in [0.15, 0.2) is 5.16 Å². The number of nitrogens with one attached hydrogen (secondary N) is 2. The van der Waals surface area contributed by atoms with Crippen LogP contribution in [0.25, 0.3) is 11.0 Å². The van der Waals surface area contributed by atoms with Crippen LogP contribution in [0.2, 0.25) is 5.02 Å². The summed E-state index contributed by atoms with van der Waals surface area (Å²) in [7, 11) is 0. The molecule has 128 valence electrons. The molecule has 0 radical (unpaired) electrons. The number of hydrogen-bond acceptors (Lipinski definition) is 4. The number of carbonyl (C=O) groups is 1. The number of aryl methyl sites for hydroxylation is 2. The molecule has 1 aromatic heterocycles. The molecule has 0 aliphatic carbocycles. The monoisotopic (exact) mass is 372 g/mol. The number of aromatic amines is 1. The largest absolute Gasteiger partial charge is 0.333 e. The molecule has 0 spiro atoms. The highest BCUT2D eigenvalue weighted by atomic mass is 35.5. The molecule has 5 nitrogen and oxygen atoms in total. The van der Waals surface area contributed by atoms with Gasteiger partial charge in [-0.05, 0) is 54.8 Å². The lowest BCUT2D eigenvalue weighted by Crippen LogP contribution is -2.19. The number of aromatic nitrogens is 2. The van der Waals surface area contributed by atoms with Crippen LogP contribution < -0.4 is 5.43 Å². The minimum Gasteiger partial charge on any atom is -0.333 e. The maximum Gasteiger partial charge on any atom is 0.250 e. The van der Waals surface area contributed by atoms with E-state index in [1.165, 1.54) is 22.9 Å². The van der Waals surface area contributed by atoms with Gasteiger partial charge in [-0.15, -0.1) is 0 Å². The van der Waals surface area contributed by atoms with Gasteiger partial charge in [-0.25, -0.2) is 10.4 Å². The van der Waals surface area contributed by atoms with E-state index in [1.54, 1.807) is 18.3 Å². The first kappa shape index (κ1) is 17.5. The van der Waals surface area contributed by atoms with Crippen molar-refractivity contribution >= 4 is 46.5 Å². The van der Waals surface area contributed by atoms with Gasteiger partial charge in [0.2, 0.25) is 0 Å². The van der Waals surface area contributed by atoms with Crippen molar-refractivity contribution in [2.24, 2.45) is 5.10 Å². The number of thioether (sulfide) groups is 1. The number of hydrogen-bond donors (Lipinski definition) is 2. The summed E-state index contributed by atoms with van der Waals surface area (Å²) in [6.07, 6.45) is 1.58. The fourth-order valence-corrected chi connectivity index (χ4v) is 3.01. The first-order chi connectivity index (χ1) is 12.0. The van der Waals surface area contributed by atoms with Crippen LogP contribution in [0.5, 0.6) is 0 Å². The smallest absolute Gasteiger partial charge is 0.250 e. The highest BCUT2D eigenvalue weighted by Crippen LogP contribution is 2.22. The Bertz CT molecular complexity index is 895. The van der Waals surface area contributed by atoms with Gasteiger partial charge in [-0.1, -0.05) is 35.5 Å². The van der Waals surface area contributed by atoms with E-state index in [4.69, 9.17) is 11.6 Å². The second-order valence-electron chi connectivity index (χ2n) is 5.63. The van der Waals surface area contributed by atoms with Crippen molar-refractivity contribution in [1.82, 2.24) is 15.4 Å². The lowest BCUT2D eigenvalue weighted by molar-refractivity contribution is -0.118. The van der Waals surface area contributed by atoms with Crippen LogP contribution in [-0.2, 0) is 4.79 Å². The van der Waals surface area contributed by atoms with Crippen molar-refractivity contribution in [3.8, 4) is 0 Å². The molecule has 0 aliphatic heterocycles. The van der Waals surface area contributed by atoms with Gasteiger partial charge in [0.1, 0.15) is 0 Å². The summed E-state index contributed by atoms with van der Waals surface area (Å²) in [6, 6.07) is 11.3. The number of halogens is 1. The van der Waals surface area contributed by atoms with Gasteiger partial charge < -0.3 is 4.98 Å². The molecule has 2 N–H and O–H groups in total. The summed E-state index contributed by atoms with van der Waals surface area (Å²) >= 11 is 7.16. The predicted molar refractivity (Wildman–Crippen MR) is 103 cm³/mol. The second-order valence-corrected chi connectivity index (χ2v) is 7.03. The number of rotatable bonds is 5. The number of nitrogens with zero attached hydrogens (tertiary/aromatic N) is 2. The SMILES string of the molecule is Cc1cc2nc(SCC(=O)NN=Cc3ccc(Cl)cc3)[nH]c2cc1C. The van der Waals surface area contributed by atoms with E-state index in [0.717, 1.165) is 21.8 Å². The van der Waals surface area contributed by atoms with Crippen LogP contribution >= 0.6 is 23.4 Å². The summed E-state index contributed by atoms with van der Waals surface area (Å²) in [4.78, 5) is 19.6. The number of H-pyrrole nitrogens is 1. The Morgan fingerprint density at radius 1 is 1.28 bits per heavy atom. The predicted octanol–water partition coefficient (Wildman–Crippen LogP) is 4.08. The average molecular weight is 373 g/mol. The van der Waals surface area contributed by atoms with Crippen molar-refractivity contribution in [2.45, 2.75) is 19.0 Å². The van der Waals surface area contributed by atoms with E-state index in [2.05, 4.69) is 40.4 Å². The molecule has 0 atom stereocenters. The molecule has 3 aromatic rings. The fraction of sp³-hybridized carbons (Fsp3) is 0.167. The topological polar surface area (TPSA) is 70.1 Å². The van der Waals surface area contributed by atoms with Crippen LogP contribution in [-0.4, -0.2) is 27.8 Å². The summed E-state index contributed by atoms with van der Waals surface area (Å²) in [5.41, 5.74) is 7.66. The maximum absolute atomic E-state index is 11.9. The summed E-state index contributed by atoms with van der Waals surface area (Å²) < 4.78 is 0. The van der Waals surface area contributed by atoms with Crippen LogP contribution in [0, 0.1) is 13.8 Å². The van der Waals surface area contributed by atoms with Crippen LogP contribution in [0.1, 0.15) is 16.7 Å². The molecule has 7 heteroatoms. The third-order valence-corrected chi connectivity index (χ3v) is 4.81.